The Bertz CT molecular complexity index is 293. The second kappa shape index (κ2) is 2.94. The molecule has 0 saturated carbocycles. The highest BCUT2D eigenvalue weighted by Gasteiger charge is 2.19. The zero-order valence-corrected chi connectivity index (χ0v) is 7.13. The van der Waals surface area contributed by atoms with Gasteiger partial charge in [0.25, 0.3) is 0 Å². The molecule has 0 saturated heterocycles. The maximum absolute atomic E-state index is 12.9. The maximum Gasteiger partial charge on any atom is 0.121 e. The van der Waals surface area contributed by atoms with Crippen LogP contribution in [0.1, 0.15) is 13.8 Å². The largest absolute Gasteiger partial charge is 0.207 e. The summed E-state index contributed by atoms with van der Waals surface area (Å²) in [4.78, 5) is 0. The molecule has 0 radical (unpaired) electrons. The minimum Gasteiger partial charge on any atom is -0.207 e. The summed E-state index contributed by atoms with van der Waals surface area (Å²) in [7, 11) is 0. The number of allylic oxidation sites excluding steroid dienone is 6. The molecule has 0 spiro atoms. The number of nitriles is 1. The molecule has 12 heavy (non-hydrogen) atoms. The average molecular weight is 163 g/mol. The number of hydrogen-bond acceptors (Lipinski definition) is 1. The van der Waals surface area contributed by atoms with Gasteiger partial charge in [0.1, 0.15) is 5.83 Å². The average Bonchev–Trinajstić information content (AvgIpc) is 2.11. The fraction of sp³-hybridized carbons (Fsp3) is 0.300. The monoisotopic (exact) mass is 163 g/mol. The molecule has 0 aromatic rings. The van der Waals surface area contributed by atoms with Gasteiger partial charge < -0.3 is 0 Å². The molecule has 1 unspecified atom stereocenters. The second-order valence-electron chi connectivity index (χ2n) is 3.15. The Morgan fingerprint density at radius 2 is 2.08 bits per heavy atom. The van der Waals surface area contributed by atoms with Gasteiger partial charge in [0.15, 0.2) is 0 Å². The van der Waals surface area contributed by atoms with E-state index < -0.39 is 5.41 Å². The van der Waals surface area contributed by atoms with Crippen molar-refractivity contribution in [3.63, 3.8) is 0 Å². The molecule has 62 valence electrons. The minimum absolute atomic E-state index is 0.354. The van der Waals surface area contributed by atoms with Gasteiger partial charge in [-0.2, -0.15) is 5.26 Å². The van der Waals surface area contributed by atoms with Crippen LogP contribution in [0.4, 0.5) is 4.39 Å². The van der Waals surface area contributed by atoms with Crippen LogP contribution in [0.2, 0.25) is 0 Å². The van der Waals surface area contributed by atoms with Crippen molar-refractivity contribution in [1.29, 1.82) is 5.26 Å². The van der Waals surface area contributed by atoms with Crippen molar-refractivity contribution in [2.75, 3.05) is 0 Å². The lowest BCUT2D eigenvalue weighted by Gasteiger charge is -2.10. The summed E-state index contributed by atoms with van der Waals surface area (Å²) in [6, 6.07) is 2.05. The minimum atomic E-state index is -0.808. The van der Waals surface area contributed by atoms with E-state index in [0.717, 1.165) is 5.57 Å². The third-order valence-electron chi connectivity index (χ3n) is 1.71. The Morgan fingerprint density at radius 1 is 1.42 bits per heavy atom. The van der Waals surface area contributed by atoms with Crippen LogP contribution in [-0.4, -0.2) is 0 Å². The van der Waals surface area contributed by atoms with Crippen molar-refractivity contribution in [2.45, 2.75) is 13.8 Å². The predicted molar refractivity (Wildman–Crippen MR) is 45.8 cm³/mol. The van der Waals surface area contributed by atoms with Crippen LogP contribution in [0, 0.1) is 16.7 Å². The first-order chi connectivity index (χ1) is 5.56. The van der Waals surface area contributed by atoms with Crippen molar-refractivity contribution in [1.82, 2.24) is 0 Å². The van der Waals surface area contributed by atoms with Crippen LogP contribution in [0.25, 0.3) is 0 Å². The van der Waals surface area contributed by atoms with Gasteiger partial charge in [0.2, 0.25) is 0 Å². The molecular formula is C10H10FN. The molecule has 1 atom stereocenters. The van der Waals surface area contributed by atoms with Gasteiger partial charge in [-0.05, 0) is 26.0 Å². The molecule has 0 N–H and O–H groups in total. The van der Waals surface area contributed by atoms with E-state index in [2.05, 4.69) is 0 Å². The Morgan fingerprint density at radius 3 is 2.67 bits per heavy atom. The summed E-state index contributed by atoms with van der Waals surface area (Å²) in [5, 5.41) is 8.78. The van der Waals surface area contributed by atoms with E-state index >= 15 is 0 Å². The van der Waals surface area contributed by atoms with Crippen molar-refractivity contribution in [3.05, 3.63) is 35.7 Å². The van der Waals surface area contributed by atoms with Crippen LogP contribution < -0.4 is 0 Å². The highest BCUT2D eigenvalue weighted by molar-refractivity contribution is 5.36. The third-order valence-corrected chi connectivity index (χ3v) is 1.71. The van der Waals surface area contributed by atoms with Crippen LogP contribution in [0.15, 0.2) is 35.7 Å². The first kappa shape index (κ1) is 8.73. The molecule has 0 aliphatic heterocycles. The van der Waals surface area contributed by atoms with Crippen LogP contribution in [0.3, 0.4) is 0 Å². The number of hydrogen-bond donors (Lipinski definition) is 0. The topological polar surface area (TPSA) is 23.8 Å². The van der Waals surface area contributed by atoms with Crippen LogP contribution >= 0.6 is 0 Å². The Kier molecular flexibility index (Phi) is 2.14. The fourth-order valence-electron chi connectivity index (χ4n) is 1.17. The first-order valence-electron chi connectivity index (χ1n) is 3.73. The molecule has 0 aromatic carbocycles. The first-order valence-corrected chi connectivity index (χ1v) is 3.73. The second-order valence-corrected chi connectivity index (χ2v) is 3.15. The summed E-state index contributed by atoms with van der Waals surface area (Å²) in [5.74, 6) is -0.354. The van der Waals surface area contributed by atoms with Crippen molar-refractivity contribution < 1.29 is 4.39 Å². The fourth-order valence-corrected chi connectivity index (χ4v) is 1.17. The molecule has 1 nitrogen and oxygen atoms in total. The zero-order chi connectivity index (χ0) is 9.19. The Hall–Kier alpha value is -1.36. The molecule has 1 aliphatic rings. The lowest BCUT2D eigenvalue weighted by molar-refractivity contribution is 0.628. The van der Waals surface area contributed by atoms with Crippen molar-refractivity contribution >= 4 is 0 Å². The highest BCUT2D eigenvalue weighted by Crippen LogP contribution is 2.26. The summed E-state index contributed by atoms with van der Waals surface area (Å²) in [5.41, 5.74) is 0.0976. The zero-order valence-electron chi connectivity index (χ0n) is 7.13. The molecular weight excluding hydrogens is 153 g/mol. The van der Waals surface area contributed by atoms with E-state index in [1.807, 2.05) is 13.0 Å². The molecule has 0 amide bonds. The number of nitrogens with zero attached hydrogens (tertiary/aromatic N) is 1. The van der Waals surface area contributed by atoms with E-state index in [9.17, 15) is 4.39 Å². The number of halogens is 1. The summed E-state index contributed by atoms with van der Waals surface area (Å²) < 4.78 is 12.9. The molecule has 2 heteroatoms. The summed E-state index contributed by atoms with van der Waals surface area (Å²) in [6.07, 6.45) is 6.10. The van der Waals surface area contributed by atoms with Gasteiger partial charge in [-0.25, -0.2) is 4.39 Å². The van der Waals surface area contributed by atoms with E-state index in [0.29, 0.717) is 0 Å². The lowest BCUT2D eigenvalue weighted by atomic mass is 9.91. The molecule has 0 aromatic heterocycles. The van der Waals surface area contributed by atoms with Crippen LogP contribution in [0.5, 0.6) is 0 Å². The summed E-state index contributed by atoms with van der Waals surface area (Å²) in [6.45, 7) is 3.53. The highest BCUT2D eigenvalue weighted by atomic mass is 19.1. The van der Waals surface area contributed by atoms with Gasteiger partial charge >= 0.3 is 0 Å². The van der Waals surface area contributed by atoms with Gasteiger partial charge in [-0.15, -0.1) is 0 Å². The van der Waals surface area contributed by atoms with Gasteiger partial charge in [-0.3, -0.25) is 0 Å². The van der Waals surface area contributed by atoms with Gasteiger partial charge in [-0.1, -0.05) is 17.7 Å². The van der Waals surface area contributed by atoms with E-state index in [1.54, 1.807) is 19.1 Å². The maximum atomic E-state index is 12.9. The van der Waals surface area contributed by atoms with Crippen molar-refractivity contribution in [3.8, 4) is 6.07 Å². The molecule has 1 rings (SSSR count). The van der Waals surface area contributed by atoms with Crippen LogP contribution in [-0.2, 0) is 0 Å². The van der Waals surface area contributed by atoms with E-state index in [-0.39, 0.29) is 5.83 Å². The third kappa shape index (κ3) is 1.82. The number of rotatable bonds is 0. The summed E-state index contributed by atoms with van der Waals surface area (Å²) >= 11 is 0. The SMILES string of the molecule is CC1=CC(C)(C#N)C=C(F)C=C1. The normalized spacial score (nSPS) is 28.5. The Labute approximate surface area is 71.5 Å². The van der Waals surface area contributed by atoms with E-state index in [1.165, 1.54) is 12.2 Å². The molecule has 0 fully saturated rings. The van der Waals surface area contributed by atoms with Crippen molar-refractivity contribution in [2.24, 2.45) is 5.41 Å². The molecule has 0 heterocycles. The van der Waals surface area contributed by atoms with Gasteiger partial charge in [0, 0.05) is 0 Å². The predicted octanol–water partition coefficient (Wildman–Crippen LogP) is 2.89. The smallest absolute Gasteiger partial charge is 0.121 e. The lowest BCUT2D eigenvalue weighted by Crippen LogP contribution is -2.05. The van der Waals surface area contributed by atoms with Gasteiger partial charge in [0.05, 0.1) is 11.5 Å². The Balaban J connectivity index is 3.15. The molecule has 1 aliphatic carbocycles. The standard InChI is InChI=1S/C10H10FN/c1-8-3-4-9(11)6-10(2,5-8)7-12/h3-6H,1-2H3. The quantitative estimate of drug-likeness (QED) is 0.538. The molecule has 0 bridgehead atoms. The van der Waals surface area contributed by atoms with E-state index in [4.69, 9.17) is 5.26 Å².